The highest BCUT2D eigenvalue weighted by molar-refractivity contribution is 5.80. The molecule has 1 aliphatic carbocycles. The molecule has 0 unspecified atom stereocenters. The molecule has 1 saturated heterocycles. The smallest absolute Gasteiger partial charge is 0.408 e. The lowest BCUT2D eigenvalue weighted by Gasteiger charge is -2.35. The van der Waals surface area contributed by atoms with Crippen molar-refractivity contribution in [3.63, 3.8) is 0 Å². The molecule has 3 aromatic rings. The van der Waals surface area contributed by atoms with E-state index in [0.717, 1.165) is 31.2 Å². The van der Waals surface area contributed by atoms with E-state index in [1.54, 1.807) is 0 Å². The molecule has 1 amide bonds. The van der Waals surface area contributed by atoms with Crippen molar-refractivity contribution in [3.05, 3.63) is 107 Å². The van der Waals surface area contributed by atoms with Gasteiger partial charge in [0.25, 0.3) is 0 Å². The molecule has 0 spiro atoms. The Morgan fingerprint density at radius 1 is 0.868 bits per heavy atom. The molecule has 1 aliphatic heterocycles. The summed E-state index contributed by atoms with van der Waals surface area (Å²) in [7, 11) is 0. The number of carbonyl (C=O) groups is 2. The van der Waals surface area contributed by atoms with E-state index < -0.39 is 18.1 Å². The SMILES string of the molecule is O=C(N[C@@H](CN1CCC(OC2c3ccccc3CCc3ccccc32)CC1)C(=O)O)OCc1ccccc1. The summed E-state index contributed by atoms with van der Waals surface area (Å²) in [6.07, 6.45) is 2.84. The summed E-state index contributed by atoms with van der Waals surface area (Å²) >= 11 is 0. The number of nitrogens with one attached hydrogen (secondary N) is 1. The van der Waals surface area contributed by atoms with Gasteiger partial charge in [-0.15, -0.1) is 0 Å². The first-order valence-electron chi connectivity index (χ1n) is 13.3. The molecule has 0 radical (unpaired) electrons. The van der Waals surface area contributed by atoms with Gasteiger partial charge in [-0.05, 0) is 53.5 Å². The second-order valence-electron chi connectivity index (χ2n) is 10.0. The predicted octanol–water partition coefficient (Wildman–Crippen LogP) is 4.74. The largest absolute Gasteiger partial charge is 0.480 e. The molecule has 38 heavy (non-hydrogen) atoms. The molecule has 1 fully saturated rings. The van der Waals surface area contributed by atoms with Gasteiger partial charge in [-0.1, -0.05) is 78.9 Å². The lowest BCUT2D eigenvalue weighted by atomic mass is 9.96. The monoisotopic (exact) mass is 514 g/mol. The number of benzene rings is 3. The van der Waals surface area contributed by atoms with Gasteiger partial charge in [0.05, 0.1) is 6.10 Å². The quantitative estimate of drug-likeness (QED) is 0.452. The number of aliphatic carboxylic acids is 1. The van der Waals surface area contributed by atoms with Crippen LogP contribution in [-0.4, -0.2) is 53.8 Å². The van der Waals surface area contributed by atoms with Gasteiger partial charge in [0.1, 0.15) is 18.8 Å². The number of hydrogen-bond acceptors (Lipinski definition) is 5. The van der Waals surface area contributed by atoms with Gasteiger partial charge < -0.3 is 24.8 Å². The third-order valence-electron chi connectivity index (χ3n) is 7.45. The summed E-state index contributed by atoms with van der Waals surface area (Å²) in [5.74, 6) is -1.08. The molecule has 7 heteroatoms. The molecular formula is C31H34N2O5. The van der Waals surface area contributed by atoms with Crippen molar-refractivity contribution in [2.75, 3.05) is 19.6 Å². The van der Waals surface area contributed by atoms with Gasteiger partial charge in [-0.2, -0.15) is 0 Å². The first kappa shape index (κ1) is 25.9. The number of alkyl carbamates (subject to hydrolysis) is 1. The van der Waals surface area contributed by atoms with Crippen LogP contribution in [0.1, 0.15) is 46.8 Å². The summed E-state index contributed by atoms with van der Waals surface area (Å²) in [6.45, 7) is 1.71. The maximum Gasteiger partial charge on any atom is 0.408 e. The van der Waals surface area contributed by atoms with Crippen LogP contribution in [-0.2, 0) is 33.7 Å². The minimum atomic E-state index is -1.08. The van der Waals surface area contributed by atoms with Crippen molar-refractivity contribution in [1.29, 1.82) is 0 Å². The number of amides is 1. The average molecular weight is 515 g/mol. The molecule has 0 aromatic heterocycles. The summed E-state index contributed by atoms with van der Waals surface area (Å²) in [4.78, 5) is 26.2. The minimum Gasteiger partial charge on any atom is -0.480 e. The third-order valence-corrected chi connectivity index (χ3v) is 7.45. The van der Waals surface area contributed by atoms with Crippen LogP contribution < -0.4 is 5.32 Å². The summed E-state index contributed by atoms with van der Waals surface area (Å²) in [5, 5.41) is 12.2. The summed E-state index contributed by atoms with van der Waals surface area (Å²) in [6, 6.07) is 25.3. The number of nitrogens with zero attached hydrogens (tertiary/aromatic N) is 1. The van der Waals surface area contributed by atoms with Crippen molar-refractivity contribution in [1.82, 2.24) is 10.2 Å². The molecule has 2 aliphatic rings. The summed E-state index contributed by atoms with van der Waals surface area (Å²) in [5.41, 5.74) is 5.99. The molecule has 1 heterocycles. The van der Waals surface area contributed by atoms with Crippen molar-refractivity contribution in [3.8, 4) is 0 Å². The van der Waals surface area contributed by atoms with Crippen molar-refractivity contribution >= 4 is 12.1 Å². The number of rotatable bonds is 8. The van der Waals surface area contributed by atoms with Crippen molar-refractivity contribution < 1.29 is 24.2 Å². The maximum atomic E-state index is 12.2. The number of aryl methyl sites for hydroxylation is 2. The number of hydrogen-bond donors (Lipinski definition) is 2. The Kier molecular flexibility index (Phi) is 8.36. The number of piperidine rings is 1. The van der Waals surface area contributed by atoms with E-state index in [-0.39, 0.29) is 25.4 Å². The van der Waals surface area contributed by atoms with Crippen LogP contribution in [0.4, 0.5) is 4.79 Å². The number of carboxylic acids is 1. The van der Waals surface area contributed by atoms with E-state index in [0.29, 0.717) is 13.1 Å². The van der Waals surface area contributed by atoms with Gasteiger partial charge in [-0.3, -0.25) is 0 Å². The second-order valence-corrected chi connectivity index (χ2v) is 10.0. The number of ether oxygens (including phenoxy) is 2. The van der Waals surface area contributed by atoms with Gasteiger partial charge >= 0.3 is 12.1 Å². The van der Waals surface area contributed by atoms with Crippen LogP contribution in [0.3, 0.4) is 0 Å². The second kappa shape index (κ2) is 12.2. The van der Waals surface area contributed by atoms with E-state index >= 15 is 0 Å². The highest BCUT2D eigenvalue weighted by atomic mass is 16.5. The average Bonchev–Trinajstić information content (AvgIpc) is 3.10. The molecule has 2 N–H and O–H groups in total. The topological polar surface area (TPSA) is 88.1 Å². The standard InChI is InChI=1S/C31H34N2O5/c34-30(35)28(32-31(36)37-21-22-8-2-1-3-9-22)20-33-18-16-25(17-19-33)38-29-26-12-6-4-10-23(26)14-15-24-11-5-7-13-27(24)29/h1-13,25,28-29H,14-21H2,(H,32,36)(H,34,35)/t28-/m0/s1. The van der Waals surface area contributed by atoms with Crippen LogP contribution in [0.5, 0.6) is 0 Å². The number of likely N-dealkylation sites (tertiary alicyclic amines) is 1. The Labute approximate surface area is 223 Å². The van der Waals surface area contributed by atoms with Crippen molar-refractivity contribution in [2.24, 2.45) is 0 Å². The van der Waals surface area contributed by atoms with Gasteiger partial charge in [0.15, 0.2) is 0 Å². The fraction of sp³-hybridized carbons (Fsp3) is 0.355. The zero-order valence-corrected chi connectivity index (χ0v) is 21.4. The van der Waals surface area contributed by atoms with E-state index in [4.69, 9.17) is 9.47 Å². The first-order valence-corrected chi connectivity index (χ1v) is 13.3. The lowest BCUT2D eigenvalue weighted by Crippen LogP contribution is -2.50. The molecule has 5 rings (SSSR count). The fourth-order valence-electron chi connectivity index (χ4n) is 5.39. The first-order chi connectivity index (χ1) is 18.6. The molecule has 198 valence electrons. The normalized spacial score (nSPS) is 17.1. The fourth-order valence-corrected chi connectivity index (χ4v) is 5.39. The number of carbonyl (C=O) groups excluding carboxylic acids is 1. The van der Waals surface area contributed by atoms with Crippen LogP contribution >= 0.6 is 0 Å². The molecule has 7 nitrogen and oxygen atoms in total. The molecule has 1 atom stereocenters. The van der Waals surface area contributed by atoms with Crippen LogP contribution in [0.15, 0.2) is 78.9 Å². The minimum absolute atomic E-state index is 0.0718. The van der Waals surface area contributed by atoms with Gasteiger partial charge in [-0.25, -0.2) is 9.59 Å². The lowest BCUT2D eigenvalue weighted by molar-refractivity contribution is -0.140. The highest BCUT2D eigenvalue weighted by Crippen LogP contribution is 2.37. The Balaban J connectivity index is 1.16. The van der Waals surface area contributed by atoms with E-state index in [9.17, 15) is 14.7 Å². The molecular weight excluding hydrogens is 480 g/mol. The zero-order valence-electron chi connectivity index (χ0n) is 21.4. The van der Waals surface area contributed by atoms with Crippen LogP contribution in [0.2, 0.25) is 0 Å². The van der Waals surface area contributed by atoms with Crippen LogP contribution in [0, 0.1) is 0 Å². The Morgan fingerprint density at radius 3 is 2.05 bits per heavy atom. The van der Waals surface area contributed by atoms with Crippen LogP contribution in [0.25, 0.3) is 0 Å². The maximum absolute atomic E-state index is 12.2. The Hall–Kier alpha value is -3.68. The number of fused-ring (bicyclic) bond motifs is 2. The van der Waals surface area contributed by atoms with Gasteiger partial charge in [0, 0.05) is 19.6 Å². The Morgan fingerprint density at radius 2 is 1.45 bits per heavy atom. The third kappa shape index (κ3) is 6.41. The van der Waals surface area contributed by atoms with Gasteiger partial charge in [0.2, 0.25) is 0 Å². The molecule has 0 bridgehead atoms. The highest BCUT2D eigenvalue weighted by Gasteiger charge is 2.31. The molecule has 3 aromatic carbocycles. The predicted molar refractivity (Wildman–Crippen MR) is 144 cm³/mol. The van der Waals surface area contributed by atoms with Crippen molar-refractivity contribution in [2.45, 2.75) is 50.5 Å². The van der Waals surface area contributed by atoms with E-state index in [2.05, 4.69) is 58.7 Å². The summed E-state index contributed by atoms with van der Waals surface area (Å²) < 4.78 is 12.0. The van der Waals surface area contributed by atoms with E-state index in [1.807, 2.05) is 30.3 Å². The van der Waals surface area contributed by atoms with E-state index in [1.165, 1.54) is 22.3 Å². The number of carboxylic acid groups (broad SMARTS) is 1. The zero-order chi connectivity index (χ0) is 26.3. The molecule has 0 saturated carbocycles. The Bertz CT molecular complexity index is 1190.